The van der Waals surface area contributed by atoms with Gasteiger partial charge in [-0.25, -0.2) is 0 Å². The number of carboxylic acids is 1. The first kappa shape index (κ1) is 18.6. The molecular weight excluding hydrogens is 256 g/mol. The molecule has 0 unspecified atom stereocenters. The third-order valence-corrected chi connectivity index (χ3v) is 4.34. The molecule has 112 valence electrons. The molecule has 0 atom stereocenters. The first-order valence-electron chi connectivity index (χ1n) is 7.65. The Hall–Kier alpha value is -0.440. The normalized spacial score (nSPS) is 10.6. The summed E-state index contributed by atoms with van der Waals surface area (Å²) in [5.41, 5.74) is 0.206. The summed E-state index contributed by atoms with van der Waals surface area (Å²) in [6.07, 6.45) is 13.4. The minimum absolute atomic E-state index is 0.206. The monoisotopic (exact) mass is 285 g/mol. The summed E-state index contributed by atoms with van der Waals surface area (Å²) < 4.78 is 0. The van der Waals surface area contributed by atoms with Crippen molar-refractivity contribution >= 4 is 17.7 Å². The number of aliphatic carboxylic acids is 1. The van der Waals surface area contributed by atoms with Crippen LogP contribution in [-0.4, -0.2) is 17.5 Å². The van der Waals surface area contributed by atoms with E-state index < -0.39 is 5.97 Å². The summed E-state index contributed by atoms with van der Waals surface area (Å²) in [5.74, 6) is 0.415. The predicted molar refractivity (Wildman–Crippen MR) is 83.3 cm³/mol. The van der Waals surface area contributed by atoms with Crippen molar-refractivity contribution in [3.63, 3.8) is 0 Å². The number of rotatable bonds is 14. The number of carboxylic acid groups (broad SMARTS) is 1. The summed E-state index contributed by atoms with van der Waals surface area (Å²) in [6.45, 7) is 5.71. The Kier molecular flexibility index (Phi) is 13.7. The van der Waals surface area contributed by atoms with Gasteiger partial charge in [0.1, 0.15) is 0 Å². The third-order valence-electron chi connectivity index (χ3n) is 3.21. The second kappa shape index (κ2) is 14.0. The lowest BCUT2D eigenvalue weighted by Crippen LogP contribution is -2.24. The van der Waals surface area contributed by atoms with E-state index in [0.717, 1.165) is 5.75 Å². The average molecular weight is 285 g/mol. The second-order valence-electron chi connectivity index (χ2n) is 5.13. The molecule has 0 aromatic rings. The van der Waals surface area contributed by atoms with Gasteiger partial charge in [0, 0.05) is 5.75 Å². The van der Waals surface area contributed by atoms with E-state index >= 15 is 0 Å². The molecule has 0 amide bonds. The van der Waals surface area contributed by atoms with Gasteiger partial charge in [0.2, 0.25) is 0 Å². The standard InChI is InChI=1S/C16H30O2S/c1-3-4-5-6-7-8-9-10-11-12-13-19-14-15(2)16(17)18/h2-14H2,1H3,(H,17,18)/p-1. The van der Waals surface area contributed by atoms with Gasteiger partial charge in [0.05, 0.1) is 5.97 Å². The Balaban J connectivity index is 3.07. The third kappa shape index (κ3) is 13.8. The molecule has 0 aromatic heterocycles. The van der Waals surface area contributed by atoms with Crippen molar-refractivity contribution in [2.75, 3.05) is 11.5 Å². The van der Waals surface area contributed by atoms with Gasteiger partial charge in [-0.3, -0.25) is 0 Å². The van der Waals surface area contributed by atoms with Crippen LogP contribution in [0.5, 0.6) is 0 Å². The number of hydrogen-bond donors (Lipinski definition) is 0. The topological polar surface area (TPSA) is 40.1 Å². The summed E-state index contributed by atoms with van der Waals surface area (Å²) in [7, 11) is 0. The number of carbonyl (C=O) groups is 1. The van der Waals surface area contributed by atoms with Gasteiger partial charge in [-0.2, -0.15) is 11.8 Å². The number of thioether (sulfide) groups is 1. The van der Waals surface area contributed by atoms with Crippen LogP contribution in [0.25, 0.3) is 0 Å². The van der Waals surface area contributed by atoms with Gasteiger partial charge >= 0.3 is 0 Å². The van der Waals surface area contributed by atoms with E-state index in [1.165, 1.54) is 64.2 Å². The fraction of sp³-hybridized carbons (Fsp3) is 0.812. The molecular formula is C16H29O2S-. The smallest absolute Gasteiger partial charge is 0.0677 e. The molecule has 0 aromatic carbocycles. The van der Waals surface area contributed by atoms with Crippen molar-refractivity contribution in [2.24, 2.45) is 0 Å². The predicted octanol–water partition coefficient (Wildman–Crippen LogP) is 3.95. The van der Waals surface area contributed by atoms with Crippen LogP contribution in [0.1, 0.15) is 71.1 Å². The van der Waals surface area contributed by atoms with Crippen LogP contribution in [0.4, 0.5) is 0 Å². The lowest BCUT2D eigenvalue weighted by Gasteiger charge is -2.06. The van der Waals surface area contributed by atoms with Crippen LogP contribution in [0.15, 0.2) is 12.2 Å². The van der Waals surface area contributed by atoms with E-state index in [1.807, 2.05) is 0 Å². The zero-order valence-corrected chi connectivity index (χ0v) is 13.2. The van der Waals surface area contributed by atoms with E-state index in [4.69, 9.17) is 0 Å². The van der Waals surface area contributed by atoms with Crippen molar-refractivity contribution in [3.8, 4) is 0 Å². The molecule has 0 radical (unpaired) electrons. The molecule has 0 rings (SSSR count). The minimum atomic E-state index is -1.12. The summed E-state index contributed by atoms with van der Waals surface area (Å²) in [6, 6.07) is 0. The highest BCUT2D eigenvalue weighted by Crippen LogP contribution is 2.13. The van der Waals surface area contributed by atoms with E-state index in [0.29, 0.717) is 5.75 Å². The molecule has 0 saturated carbocycles. The summed E-state index contributed by atoms with van der Waals surface area (Å²) in [5, 5.41) is 10.4. The Labute approximate surface area is 123 Å². The maximum atomic E-state index is 10.4. The fourth-order valence-electron chi connectivity index (χ4n) is 1.95. The van der Waals surface area contributed by atoms with Crippen LogP contribution in [0, 0.1) is 0 Å². The molecule has 0 N–H and O–H groups in total. The molecule has 0 bridgehead atoms. The minimum Gasteiger partial charge on any atom is -0.545 e. The van der Waals surface area contributed by atoms with Gasteiger partial charge in [0.25, 0.3) is 0 Å². The SMILES string of the molecule is C=C(CSCCCCCCCCCCCC)C(=O)[O-]. The van der Waals surface area contributed by atoms with Crippen LogP contribution in [-0.2, 0) is 4.79 Å². The van der Waals surface area contributed by atoms with Crippen LogP contribution in [0.2, 0.25) is 0 Å². The lowest BCUT2D eigenvalue weighted by molar-refractivity contribution is -0.299. The molecule has 19 heavy (non-hydrogen) atoms. The lowest BCUT2D eigenvalue weighted by atomic mass is 10.1. The van der Waals surface area contributed by atoms with Gasteiger partial charge in [-0.1, -0.05) is 71.3 Å². The molecule has 0 saturated heterocycles. The van der Waals surface area contributed by atoms with Crippen molar-refractivity contribution < 1.29 is 9.90 Å². The highest BCUT2D eigenvalue weighted by Gasteiger charge is 1.96. The molecule has 0 aliphatic rings. The average Bonchev–Trinajstić information content (AvgIpc) is 2.39. The highest BCUT2D eigenvalue weighted by molar-refractivity contribution is 7.99. The zero-order valence-electron chi connectivity index (χ0n) is 12.4. The van der Waals surface area contributed by atoms with E-state index in [1.54, 1.807) is 11.8 Å². The van der Waals surface area contributed by atoms with Gasteiger partial charge in [0.15, 0.2) is 0 Å². The fourth-order valence-corrected chi connectivity index (χ4v) is 2.86. The molecule has 0 fully saturated rings. The first-order chi connectivity index (χ1) is 9.18. The molecule has 0 aliphatic heterocycles. The largest absolute Gasteiger partial charge is 0.545 e. The number of carbonyl (C=O) groups excluding carboxylic acids is 1. The zero-order chi connectivity index (χ0) is 14.3. The van der Waals surface area contributed by atoms with Crippen LogP contribution >= 0.6 is 11.8 Å². The van der Waals surface area contributed by atoms with Gasteiger partial charge < -0.3 is 9.90 Å². The molecule has 0 heterocycles. The van der Waals surface area contributed by atoms with Crippen molar-refractivity contribution in [1.82, 2.24) is 0 Å². The van der Waals surface area contributed by atoms with Crippen molar-refractivity contribution in [2.45, 2.75) is 71.1 Å². The Bertz CT molecular complexity index is 239. The van der Waals surface area contributed by atoms with Crippen molar-refractivity contribution in [3.05, 3.63) is 12.2 Å². The maximum absolute atomic E-state index is 10.4. The summed E-state index contributed by atoms with van der Waals surface area (Å²) >= 11 is 1.65. The Morgan fingerprint density at radius 1 is 0.947 bits per heavy atom. The molecule has 2 nitrogen and oxygen atoms in total. The second-order valence-corrected chi connectivity index (χ2v) is 6.23. The molecule has 0 aliphatic carbocycles. The molecule has 0 spiro atoms. The first-order valence-corrected chi connectivity index (χ1v) is 8.80. The highest BCUT2D eigenvalue weighted by atomic mass is 32.2. The van der Waals surface area contributed by atoms with Crippen LogP contribution in [0.3, 0.4) is 0 Å². The number of unbranched alkanes of at least 4 members (excludes halogenated alkanes) is 9. The Morgan fingerprint density at radius 2 is 1.42 bits per heavy atom. The summed E-state index contributed by atoms with van der Waals surface area (Å²) in [4.78, 5) is 10.4. The maximum Gasteiger partial charge on any atom is 0.0677 e. The molecule has 3 heteroatoms. The quantitative estimate of drug-likeness (QED) is 0.358. The van der Waals surface area contributed by atoms with E-state index in [2.05, 4.69) is 13.5 Å². The Morgan fingerprint density at radius 3 is 1.89 bits per heavy atom. The van der Waals surface area contributed by atoms with E-state index in [-0.39, 0.29) is 5.57 Å². The number of hydrogen-bond acceptors (Lipinski definition) is 3. The van der Waals surface area contributed by atoms with Gasteiger partial charge in [-0.15, -0.1) is 0 Å². The van der Waals surface area contributed by atoms with Crippen LogP contribution < -0.4 is 5.11 Å². The van der Waals surface area contributed by atoms with Gasteiger partial charge in [-0.05, 0) is 17.7 Å². The van der Waals surface area contributed by atoms with Crippen molar-refractivity contribution in [1.29, 1.82) is 0 Å². The van der Waals surface area contributed by atoms with E-state index in [9.17, 15) is 9.90 Å².